The SMILES string of the molecule is CC1(O)CCN(S(=O)(=O)c2ccc(C#CCCO)cc2)C1. The highest BCUT2D eigenvalue weighted by Crippen LogP contribution is 2.26. The minimum absolute atomic E-state index is 0.00828. The molecule has 1 atom stereocenters. The lowest BCUT2D eigenvalue weighted by atomic mass is 10.1. The van der Waals surface area contributed by atoms with Crippen LogP contribution in [0.15, 0.2) is 29.2 Å². The summed E-state index contributed by atoms with van der Waals surface area (Å²) in [5.41, 5.74) is -0.251. The van der Waals surface area contributed by atoms with Gasteiger partial charge in [0.1, 0.15) is 0 Å². The number of sulfonamides is 1. The lowest BCUT2D eigenvalue weighted by molar-refractivity contribution is 0.0762. The summed E-state index contributed by atoms with van der Waals surface area (Å²) in [5, 5.41) is 18.5. The monoisotopic (exact) mass is 309 g/mol. The Morgan fingerprint density at radius 1 is 1.33 bits per heavy atom. The molecule has 1 aliphatic rings. The molecule has 0 bridgehead atoms. The molecule has 1 aliphatic heterocycles. The summed E-state index contributed by atoms with van der Waals surface area (Å²) < 4.78 is 26.2. The molecule has 0 radical (unpaired) electrons. The van der Waals surface area contributed by atoms with E-state index in [0.29, 0.717) is 24.9 Å². The van der Waals surface area contributed by atoms with Gasteiger partial charge in [0.25, 0.3) is 0 Å². The van der Waals surface area contributed by atoms with Crippen LogP contribution in [-0.2, 0) is 10.0 Å². The molecule has 1 heterocycles. The lowest BCUT2D eigenvalue weighted by Gasteiger charge is -2.18. The van der Waals surface area contributed by atoms with Crippen molar-refractivity contribution in [2.75, 3.05) is 19.7 Å². The Morgan fingerprint density at radius 3 is 2.52 bits per heavy atom. The first-order valence-electron chi connectivity index (χ1n) is 6.77. The van der Waals surface area contributed by atoms with Crippen molar-refractivity contribution < 1.29 is 18.6 Å². The van der Waals surface area contributed by atoms with E-state index in [1.54, 1.807) is 19.1 Å². The third-order valence-electron chi connectivity index (χ3n) is 3.38. The van der Waals surface area contributed by atoms with Gasteiger partial charge in [0, 0.05) is 25.1 Å². The zero-order valence-corrected chi connectivity index (χ0v) is 12.7. The quantitative estimate of drug-likeness (QED) is 0.800. The smallest absolute Gasteiger partial charge is 0.243 e. The number of benzene rings is 1. The number of nitrogens with zero attached hydrogens (tertiary/aromatic N) is 1. The average Bonchev–Trinajstić information content (AvgIpc) is 2.81. The molecule has 21 heavy (non-hydrogen) atoms. The molecule has 5 nitrogen and oxygen atoms in total. The largest absolute Gasteiger partial charge is 0.395 e. The van der Waals surface area contributed by atoms with Crippen molar-refractivity contribution in [1.82, 2.24) is 4.31 Å². The Labute approximate surface area is 125 Å². The van der Waals surface area contributed by atoms with E-state index in [9.17, 15) is 13.5 Å². The van der Waals surface area contributed by atoms with E-state index < -0.39 is 15.6 Å². The third-order valence-corrected chi connectivity index (χ3v) is 5.24. The summed E-state index contributed by atoms with van der Waals surface area (Å²) in [7, 11) is -3.57. The first-order chi connectivity index (χ1) is 9.85. The van der Waals surface area contributed by atoms with Crippen LogP contribution in [0, 0.1) is 11.8 Å². The van der Waals surface area contributed by atoms with Crippen LogP contribution >= 0.6 is 0 Å². The fourth-order valence-corrected chi connectivity index (χ4v) is 3.75. The molecule has 0 spiro atoms. The van der Waals surface area contributed by atoms with Crippen LogP contribution in [0.3, 0.4) is 0 Å². The predicted molar refractivity (Wildman–Crippen MR) is 79.0 cm³/mol. The van der Waals surface area contributed by atoms with Crippen LogP contribution in [0.25, 0.3) is 0 Å². The summed E-state index contributed by atoms with van der Waals surface area (Å²) in [6.45, 7) is 2.09. The molecule has 0 saturated carbocycles. The van der Waals surface area contributed by atoms with Gasteiger partial charge in [-0.05, 0) is 37.6 Å². The molecule has 0 aromatic heterocycles. The number of hydrogen-bond donors (Lipinski definition) is 2. The maximum atomic E-state index is 12.4. The number of aliphatic hydroxyl groups is 2. The molecular formula is C15H19NO4S. The van der Waals surface area contributed by atoms with Crippen LogP contribution in [-0.4, -0.2) is 48.2 Å². The van der Waals surface area contributed by atoms with Crippen LogP contribution in [0.1, 0.15) is 25.3 Å². The van der Waals surface area contributed by atoms with Gasteiger partial charge in [0.2, 0.25) is 10.0 Å². The van der Waals surface area contributed by atoms with Gasteiger partial charge in [-0.15, -0.1) is 0 Å². The fraction of sp³-hybridized carbons (Fsp3) is 0.467. The molecule has 1 aromatic carbocycles. The Bertz CT molecular complexity index is 653. The Morgan fingerprint density at radius 2 is 2.00 bits per heavy atom. The summed E-state index contributed by atoms with van der Waals surface area (Å²) >= 11 is 0. The molecule has 1 fully saturated rings. The highest BCUT2D eigenvalue weighted by molar-refractivity contribution is 7.89. The van der Waals surface area contributed by atoms with E-state index in [1.807, 2.05) is 0 Å². The summed E-state index contributed by atoms with van der Waals surface area (Å²) in [5.74, 6) is 5.63. The normalized spacial score (nSPS) is 22.8. The molecule has 0 aliphatic carbocycles. The number of hydrogen-bond acceptors (Lipinski definition) is 4. The van der Waals surface area contributed by atoms with Gasteiger partial charge < -0.3 is 10.2 Å². The van der Waals surface area contributed by atoms with E-state index in [2.05, 4.69) is 11.8 Å². The zero-order chi connectivity index (χ0) is 15.5. The number of rotatable bonds is 3. The van der Waals surface area contributed by atoms with Crippen molar-refractivity contribution >= 4 is 10.0 Å². The van der Waals surface area contributed by atoms with E-state index in [1.165, 1.54) is 16.4 Å². The first-order valence-corrected chi connectivity index (χ1v) is 8.21. The topological polar surface area (TPSA) is 77.8 Å². The van der Waals surface area contributed by atoms with Gasteiger partial charge in [0.05, 0.1) is 17.1 Å². The van der Waals surface area contributed by atoms with E-state index in [-0.39, 0.29) is 18.0 Å². The second-order valence-electron chi connectivity index (χ2n) is 5.39. The summed E-state index contributed by atoms with van der Waals surface area (Å²) in [6.07, 6.45) is 0.833. The van der Waals surface area contributed by atoms with Crippen molar-refractivity contribution in [1.29, 1.82) is 0 Å². The Kier molecular flexibility index (Phi) is 4.69. The molecule has 114 valence electrons. The maximum absolute atomic E-state index is 12.4. The second-order valence-corrected chi connectivity index (χ2v) is 7.32. The fourth-order valence-electron chi connectivity index (χ4n) is 2.19. The van der Waals surface area contributed by atoms with Crippen LogP contribution in [0.5, 0.6) is 0 Å². The molecule has 6 heteroatoms. The van der Waals surface area contributed by atoms with Gasteiger partial charge in [-0.1, -0.05) is 11.8 Å². The third kappa shape index (κ3) is 3.83. The van der Waals surface area contributed by atoms with Gasteiger partial charge in [0.15, 0.2) is 0 Å². The van der Waals surface area contributed by atoms with E-state index in [0.717, 1.165) is 0 Å². The highest BCUT2D eigenvalue weighted by atomic mass is 32.2. The zero-order valence-electron chi connectivity index (χ0n) is 11.9. The van der Waals surface area contributed by atoms with Crippen LogP contribution in [0.2, 0.25) is 0 Å². The van der Waals surface area contributed by atoms with Gasteiger partial charge in [-0.2, -0.15) is 4.31 Å². The Hall–Kier alpha value is -1.39. The van der Waals surface area contributed by atoms with Gasteiger partial charge >= 0.3 is 0 Å². The van der Waals surface area contributed by atoms with Crippen molar-refractivity contribution in [2.45, 2.75) is 30.3 Å². The molecule has 0 amide bonds. The predicted octanol–water partition coefficient (Wildman–Crippen LogP) is 0.566. The molecular weight excluding hydrogens is 290 g/mol. The van der Waals surface area contributed by atoms with Crippen LogP contribution < -0.4 is 0 Å². The number of aliphatic hydroxyl groups excluding tert-OH is 1. The maximum Gasteiger partial charge on any atom is 0.243 e. The Balaban J connectivity index is 2.17. The second kappa shape index (κ2) is 6.16. The van der Waals surface area contributed by atoms with E-state index in [4.69, 9.17) is 5.11 Å². The van der Waals surface area contributed by atoms with Crippen molar-refractivity contribution in [3.63, 3.8) is 0 Å². The van der Waals surface area contributed by atoms with Gasteiger partial charge in [-0.25, -0.2) is 8.42 Å². The molecule has 1 saturated heterocycles. The van der Waals surface area contributed by atoms with Crippen LogP contribution in [0.4, 0.5) is 0 Å². The highest BCUT2D eigenvalue weighted by Gasteiger charge is 2.38. The van der Waals surface area contributed by atoms with E-state index >= 15 is 0 Å². The van der Waals surface area contributed by atoms with Crippen molar-refractivity contribution in [2.24, 2.45) is 0 Å². The van der Waals surface area contributed by atoms with Crippen molar-refractivity contribution in [3.8, 4) is 11.8 Å². The molecule has 1 unspecified atom stereocenters. The van der Waals surface area contributed by atoms with Gasteiger partial charge in [-0.3, -0.25) is 0 Å². The first kappa shape index (κ1) is 16.0. The standard InChI is InChI=1S/C15H19NO4S/c1-15(18)9-10-16(12-15)21(19,20)14-7-5-13(6-8-14)4-2-3-11-17/h5-8,17-18H,3,9-12H2,1H3. The summed E-state index contributed by atoms with van der Waals surface area (Å²) in [4.78, 5) is 0.202. The molecule has 2 rings (SSSR count). The summed E-state index contributed by atoms with van der Waals surface area (Å²) in [6, 6.07) is 6.33. The average molecular weight is 309 g/mol. The number of β-amino-alcohol motifs (C(OH)–C–C–N with tert-alkyl or cyclic N) is 1. The minimum atomic E-state index is -3.57. The molecule has 1 aromatic rings. The lowest BCUT2D eigenvalue weighted by Crippen LogP contribution is -2.33. The minimum Gasteiger partial charge on any atom is -0.395 e. The van der Waals surface area contributed by atoms with Crippen molar-refractivity contribution in [3.05, 3.63) is 29.8 Å². The molecule has 2 N–H and O–H groups in total.